The highest BCUT2D eigenvalue weighted by molar-refractivity contribution is 5.89. The quantitative estimate of drug-likeness (QED) is 0.713. The van der Waals surface area contributed by atoms with Crippen LogP contribution in [0.25, 0.3) is 0 Å². The van der Waals surface area contributed by atoms with Gasteiger partial charge in [-0.05, 0) is 12.1 Å². The van der Waals surface area contributed by atoms with Crippen LogP contribution < -0.4 is 14.2 Å². The second-order valence-corrected chi connectivity index (χ2v) is 8.06. The Hall–Kier alpha value is -4.26. The third-order valence-electron chi connectivity index (χ3n) is 6.86. The van der Waals surface area contributed by atoms with E-state index in [9.17, 15) is 15.8 Å². The van der Waals surface area contributed by atoms with E-state index in [1.807, 2.05) is 18.2 Å². The SMILES string of the molecule is COc1ccc(C2OC3(c4ccccc4)OC(=N)C(C#N)(C3C)C2(C#N)C#N)c(OC)c1OC. The van der Waals surface area contributed by atoms with Crippen molar-refractivity contribution < 1.29 is 23.7 Å². The van der Waals surface area contributed by atoms with E-state index in [1.54, 1.807) is 43.3 Å². The predicted molar refractivity (Wildman–Crippen MR) is 118 cm³/mol. The van der Waals surface area contributed by atoms with Gasteiger partial charge in [-0.2, -0.15) is 15.8 Å². The summed E-state index contributed by atoms with van der Waals surface area (Å²) >= 11 is 0. The molecule has 172 valence electrons. The van der Waals surface area contributed by atoms with Gasteiger partial charge in [-0.15, -0.1) is 0 Å². The molecule has 0 saturated carbocycles. The average molecular weight is 458 g/mol. The smallest absolute Gasteiger partial charge is 0.244 e. The molecule has 2 aromatic carbocycles. The first-order chi connectivity index (χ1) is 16.4. The largest absolute Gasteiger partial charge is 0.493 e. The number of nitrogens with zero attached hydrogens (tertiary/aromatic N) is 3. The molecule has 9 heteroatoms. The van der Waals surface area contributed by atoms with Gasteiger partial charge in [0.15, 0.2) is 16.9 Å². The molecule has 4 rings (SSSR count). The second kappa shape index (κ2) is 7.95. The highest BCUT2D eigenvalue weighted by atomic mass is 16.7. The fraction of sp³-hybridized carbons (Fsp3) is 0.360. The molecule has 9 nitrogen and oxygen atoms in total. The van der Waals surface area contributed by atoms with Crippen LogP contribution in [0, 0.1) is 56.2 Å². The maximum absolute atomic E-state index is 10.4. The van der Waals surface area contributed by atoms with E-state index < -0.39 is 34.5 Å². The third kappa shape index (κ3) is 2.52. The summed E-state index contributed by atoms with van der Waals surface area (Å²) in [4.78, 5) is 0. The van der Waals surface area contributed by atoms with Crippen molar-refractivity contribution in [1.82, 2.24) is 0 Å². The molecular formula is C25H22N4O5. The Morgan fingerprint density at radius 3 is 2.06 bits per heavy atom. The minimum Gasteiger partial charge on any atom is -0.493 e. The van der Waals surface area contributed by atoms with Crippen LogP contribution in [0.5, 0.6) is 17.2 Å². The summed E-state index contributed by atoms with van der Waals surface area (Å²) in [5.74, 6) is -2.16. The van der Waals surface area contributed by atoms with Crippen LogP contribution in [0.15, 0.2) is 42.5 Å². The number of rotatable bonds is 5. The summed E-state index contributed by atoms with van der Waals surface area (Å²) in [7, 11) is 4.31. The van der Waals surface area contributed by atoms with E-state index >= 15 is 0 Å². The molecule has 4 unspecified atom stereocenters. The summed E-state index contributed by atoms with van der Waals surface area (Å²) in [6, 6.07) is 18.2. The molecule has 0 amide bonds. The fourth-order valence-corrected chi connectivity index (χ4v) is 5.15. The van der Waals surface area contributed by atoms with Gasteiger partial charge in [0.25, 0.3) is 0 Å². The molecular weight excluding hydrogens is 436 g/mol. The molecule has 0 radical (unpaired) electrons. The van der Waals surface area contributed by atoms with Gasteiger partial charge in [0.1, 0.15) is 6.10 Å². The lowest BCUT2D eigenvalue weighted by Gasteiger charge is -2.49. The normalized spacial score (nSPS) is 28.6. The zero-order chi connectivity index (χ0) is 24.7. The van der Waals surface area contributed by atoms with Gasteiger partial charge in [0.05, 0.1) is 45.5 Å². The van der Waals surface area contributed by atoms with Gasteiger partial charge in [0.2, 0.25) is 22.8 Å². The Labute approximate surface area is 197 Å². The molecule has 0 aromatic heterocycles. The van der Waals surface area contributed by atoms with Crippen LogP contribution >= 0.6 is 0 Å². The van der Waals surface area contributed by atoms with Gasteiger partial charge in [-0.25, -0.2) is 0 Å². The Morgan fingerprint density at radius 1 is 0.882 bits per heavy atom. The maximum Gasteiger partial charge on any atom is 0.244 e. The highest BCUT2D eigenvalue weighted by Crippen LogP contribution is 2.69. The summed E-state index contributed by atoms with van der Waals surface area (Å²) in [6.07, 6.45) is -1.34. The molecule has 34 heavy (non-hydrogen) atoms. The van der Waals surface area contributed by atoms with Crippen molar-refractivity contribution in [2.45, 2.75) is 18.8 Å². The van der Waals surface area contributed by atoms with Gasteiger partial charge in [-0.1, -0.05) is 37.3 Å². The molecule has 2 aliphatic rings. The number of nitriles is 3. The molecule has 1 N–H and O–H groups in total. The number of nitrogens with one attached hydrogen (secondary N) is 1. The van der Waals surface area contributed by atoms with Crippen LogP contribution in [0.4, 0.5) is 0 Å². The summed E-state index contributed by atoms with van der Waals surface area (Å²) < 4.78 is 29.0. The van der Waals surface area contributed by atoms with E-state index in [0.29, 0.717) is 11.3 Å². The lowest BCUT2D eigenvalue weighted by Crippen LogP contribution is -2.57. The molecule has 0 aliphatic carbocycles. The number of methoxy groups -OCH3 is 3. The van der Waals surface area contributed by atoms with Crippen LogP contribution in [-0.4, -0.2) is 27.2 Å². The van der Waals surface area contributed by atoms with Crippen molar-refractivity contribution in [3.63, 3.8) is 0 Å². The van der Waals surface area contributed by atoms with Crippen molar-refractivity contribution in [2.24, 2.45) is 16.7 Å². The van der Waals surface area contributed by atoms with Crippen molar-refractivity contribution in [3.05, 3.63) is 53.6 Å². The number of hydrogen-bond acceptors (Lipinski definition) is 9. The number of ether oxygens (including phenoxy) is 5. The minimum absolute atomic E-state index is 0.179. The molecule has 4 atom stereocenters. The molecule has 0 spiro atoms. The number of hydrogen-bond donors (Lipinski definition) is 1. The molecule has 2 saturated heterocycles. The van der Waals surface area contributed by atoms with Crippen molar-refractivity contribution >= 4 is 5.90 Å². The Bertz CT molecular complexity index is 1260. The first kappa shape index (κ1) is 22.9. The van der Waals surface area contributed by atoms with Gasteiger partial charge in [-0.3, -0.25) is 5.41 Å². The molecule has 2 bridgehead atoms. The molecule has 2 fully saturated rings. The molecule has 2 heterocycles. The minimum atomic E-state index is -2.14. The van der Waals surface area contributed by atoms with Crippen molar-refractivity contribution in [3.8, 4) is 35.5 Å². The van der Waals surface area contributed by atoms with Gasteiger partial charge < -0.3 is 23.7 Å². The van der Waals surface area contributed by atoms with Gasteiger partial charge >= 0.3 is 0 Å². The van der Waals surface area contributed by atoms with E-state index in [1.165, 1.54) is 21.3 Å². The van der Waals surface area contributed by atoms with E-state index in [0.717, 1.165) is 0 Å². The lowest BCUT2D eigenvalue weighted by atomic mass is 9.53. The van der Waals surface area contributed by atoms with E-state index in [4.69, 9.17) is 29.1 Å². The maximum atomic E-state index is 10.4. The first-order valence-electron chi connectivity index (χ1n) is 10.4. The average Bonchev–Trinajstić information content (AvgIpc) is 3.04. The molecule has 2 aliphatic heterocycles. The van der Waals surface area contributed by atoms with Crippen LogP contribution in [0.1, 0.15) is 24.2 Å². The summed E-state index contributed by atoms with van der Waals surface area (Å²) in [5.41, 5.74) is -3.22. The zero-order valence-corrected chi connectivity index (χ0v) is 19.1. The van der Waals surface area contributed by atoms with Crippen LogP contribution in [0.3, 0.4) is 0 Å². The van der Waals surface area contributed by atoms with Crippen molar-refractivity contribution in [2.75, 3.05) is 21.3 Å². The van der Waals surface area contributed by atoms with Gasteiger partial charge in [0, 0.05) is 11.1 Å². The Balaban J connectivity index is 2.09. The predicted octanol–water partition coefficient (Wildman–Crippen LogP) is 3.82. The Kier molecular flexibility index (Phi) is 5.36. The van der Waals surface area contributed by atoms with E-state index in [-0.39, 0.29) is 17.1 Å². The number of benzene rings is 2. The number of fused-ring (bicyclic) bond motifs is 2. The van der Waals surface area contributed by atoms with Crippen molar-refractivity contribution in [1.29, 1.82) is 21.2 Å². The first-order valence-corrected chi connectivity index (χ1v) is 10.4. The van der Waals surface area contributed by atoms with Crippen LogP contribution in [-0.2, 0) is 15.3 Å². The summed E-state index contributed by atoms with van der Waals surface area (Å²) in [5, 5.41) is 40.0. The monoisotopic (exact) mass is 458 g/mol. The van der Waals surface area contributed by atoms with Crippen LogP contribution in [0.2, 0.25) is 0 Å². The van der Waals surface area contributed by atoms with E-state index in [2.05, 4.69) is 6.07 Å². The topological polar surface area (TPSA) is 141 Å². The lowest BCUT2D eigenvalue weighted by molar-refractivity contribution is -0.288. The fourth-order valence-electron chi connectivity index (χ4n) is 5.15. The third-order valence-corrected chi connectivity index (χ3v) is 6.86. The molecule has 2 aromatic rings. The standard InChI is InChI=1S/C25H22N4O5/c1-15-24(14-28)22(29)34-25(15,16-8-6-5-7-9-16)33-21(23(24,12-26)13-27)17-10-11-18(30-2)20(32-4)19(17)31-3/h5-11,15,21,29H,1-4H3. The highest BCUT2D eigenvalue weighted by Gasteiger charge is 2.80. The Morgan fingerprint density at radius 2 is 1.53 bits per heavy atom. The summed E-state index contributed by atoms with van der Waals surface area (Å²) in [6.45, 7) is 1.66. The zero-order valence-electron chi connectivity index (χ0n) is 19.1. The second-order valence-electron chi connectivity index (χ2n) is 8.06.